The average molecular weight is 420 g/mol. The predicted octanol–water partition coefficient (Wildman–Crippen LogP) is 2.74. The normalized spacial score (nSPS) is 13.2. The Bertz CT molecular complexity index is 1290. The minimum absolute atomic E-state index is 0.182. The number of hydrogen-bond donors (Lipinski definition) is 1. The lowest BCUT2D eigenvalue weighted by Crippen LogP contribution is -2.33. The molecule has 0 bridgehead atoms. The summed E-state index contributed by atoms with van der Waals surface area (Å²) in [7, 11) is 3.16. The molecule has 0 unspecified atom stereocenters. The summed E-state index contributed by atoms with van der Waals surface area (Å²) in [4.78, 5) is 24.2. The second-order valence-corrected chi connectivity index (χ2v) is 7.58. The molecule has 1 aliphatic rings. The first kappa shape index (κ1) is 19.4. The van der Waals surface area contributed by atoms with Gasteiger partial charge in [0, 0.05) is 37.2 Å². The van der Waals surface area contributed by atoms with E-state index >= 15 is 0 Å². The Morgan fingerprint density at radius 2 is 2.03 bits per heavy atom. The highest BCUT2D eigenvalue weighted by Gasteiger charge is 2.26. The molecule has 1 aliphatic heterocycles. The molecule has 160 valence electrons. The monoisotopic (exact) mass is 420 g/mol. The molecule has 2 aromatic carbocycles. The maximum Gasteiger partial charge on any atom is 0.193 e. The van der Waals surface area contributed by atoms with E-state index in [-0.39, 0.29) is 6.61 Å². The summed E-state index contributed by atoms with van der Waals surface area (Å²) in [6.07, 6.45) is 1.53. The molecule has 5 rings (SSSR count). The van der Waals surface area contributed by atoms with Crippen molar-refractivity contribution in [1.82, 2.24) is 14.3 Å². The van der Waals surface area contributed by atoms with Gasteiger partial charge in [-0.2, -0.15) is 4.73 Å². The van der Waals surface area contributed by atoms with Gasteiger partial charge in [-0.15, -0.1) is 0 Å². The third kappa shape index (κ3) is 2.94. The first-order chi connectivity index (χ1) is 15.2. The topological polar surface area (TPSA) is 81.8 Å². The lowest BCUT2D eigenvalue weighted by atomic mass is 10.1. The van der Waals surface area contributed by atoms with E-state index in [1.165, 1.54) is 0 Å². The second-order valence-electron chi connectivity index (χ2n) is 7.58. The summed E-state index contributed by atoms with van der Waals surface area (Å²) in [6, 6.07) is 11.8. The van der Waals surface area contributed by atoms with Gasteiger partial charge in [0.2, 0.25) is 0 Å². The molecule has 1 N–H and O–H groups in total. The Hall–Kier alpha value is -3.52. The number of methoxy groups -OCH3 is 1. The lowest BCUT2D eigenvalue weighted by molar-refractivity contribution is 0.112. The Kier molecular flexibility index (Phi) is 4.78. The number of nitrogens with zero attached hydrogens (tertiary/aromatic N) is 4. The van der Waals surface area contributed by atoms with Crippen LogP contribution in [-0.4, -0.2) is 59.6 Å². The number of rotatable bonds is 7. The molecule has 0 saturated heterocycles. The van der Waals surface area contributed by atoms with Gasteiger partial charge in [-0.05, 0) is 30.7 Å². The zero-order valence-electron chi connectivity index (χ0n) is 17.5. The third-order valence-electron chi connectivity index (χ3n) is 5.89. The third-order valence-corrected chi connectivity index (χ3v) is 5.89. The Labute approximate surface area is 179 Å². The molecule has 0 fully saturated rings. The summed E-state index contributed by atoms with van der Waals surface area (Å²) >= 11 is 0. The number of hydrogen-bond acceptors (Lipinski definition) is 6. The van der Waals surface area contributed by atoms with Crippen LogP contribution in [-0.2, 0) is 6.54 Å². The van der Waals surface area contributed by atoms with Crippen molar-refractivity contribution in [1.29, 1.82) is 0 Å². The standard InChI is InChI=1S/C23H24N4O4/c1-30-20-12-15(14-29)11-17-22(20)27(31-2)23(24-17)19-13-16-5-3-6-18-21(16)26(19)9-8-25(18)7-4-10-28/h3,5-6,11-14,28H,4,7-10H2,1-2H3. The van der Waals surface area contributed by atoms with E-state index < -0.39 is 0 Å². The fourth-order valence-corrected chi connectivity index (χ4v) is 4.54. The van der Waals surface area contributed by atoms with Crippen LogP contribution in [0.1, 0.15) is 16.8 Å². The number of para-hydroxylation sites is 1. The van der Waals surface area contributed by atoms with Crippen molar-refractivity contribution < 1.29 is 19.5 Å². The van der Waals surface area contributed by atoms with Crippen molar-refractivity contribution in [3.8, 4) is 17.3 Å². The van der Waals surface area contributed by atoms with Gasteiger partial charge in [0.05, 0.1) is 29.5 Å². The largest absolute Gasteiger partial charge is 0.494 e. The van der Waals surface area contributed by atoms with E-state index in [2.05, 4.69) is 33.7 Å². The highest BCUT2D eigenvalue weighted by Crippen LogP contribution is 2.38. The number of aromatic nitrogens is 3. The Morgan fingerprint density at radius 1 is 1.16 bits per heavy atom. The van der Waals surface area contributed by atoms with E-state index in [9.17, 15) is 9.90 Å². The van der Waals surface area contributed by atoms with Crippen LogP contribution in [0.4, 0.5) is 5.69 Å². The van der Waals surface area contributed by atoms with Gasteiger partial charge >= 0.3 is 0 Å². The number of aliphatic hydroxyl groups excluding tert-OH is 1. The Balaban J connectivity index is 1.74. The molecule has 0 radical (unpaired) electrons. The van der Waals surface area contributed by atoms with Crippen molar-refractivity contribution in [3.05, 3.63) is 42.0 Å². The van der Waals surface area contributed by atoms with Crippen LogP contribution in [0, 0.1) is 0 Å². The van der Waals surface area contributed by atoms with Crippen LogP contribution in [0.15, 0.2) is 36.4 Å². The molecule has 2 aromatic heterocycles. The van der Waals surface area contributed by atoms with E-state index in [1.807, 2.05) is 0 Å². The smallest absolute Gasteiger partial charge is 0.193 e. The van der Waals surface area contributed by atoms with E-state index in [0.29, 0.717) is 28.2 Å². The van der Waals surface area contributed by atoms with Crippen LogP contribution in [0.2, 0.25) is 0 Å². The first-order valence-electron chi connectivity index (χ1n) is 10.3. The molecule has 31 heavy (non-hydrogen) atoms. The number of carbonyl (C=O) groups is 1. The molecule has 0 saturated carbocycles. The minimum atomic E-state index is 0.182. The predicted molar refractivity (Wildman–Crippen MR) is 119 cm³/mol. The highest BCUT2D eigenvalue weighted by molar-refractivity contribution is 5.98. The molecule has 8 heteroatoms. The van der Waals surface area contributed by atoms with Gasteiger partial charge in [-0.3, -0.25) is 4.79 Å². The van der Waals surface area contributed by atoms with E-state index in [4.69, 9.17) is 14.6 Å². The van der Waals surface area contributed by atoms with Gasteiger partial charge in [0.25, 0.3) is 0 Å². The zero-order valence-corrected chi connectivity index (χ0v) is 17.5. The van der Waals surface area contributed by atoms with Gasteiger partial charge in [-0.25, -0.2) is 4.98 Å². The number of benzene rings is 2. The van der Waals surface area contributed by atoms with Crippen molar-refractivity contribution in [2.45, 2.75) is 13.0 Å². The van der Waals surface area contributed by atoms with Crippen molar-refractivity contribution in [2.75, 3.05) is 38.8 Å². The first-order valence-corrected chi connectivity index (χ1v) is 10.3. The molecular formula is C23H24N4O4. The van der Waals surface area contributed by atoms with Gasteiger partial charge in [0.1, 0.15) is 24.7 Å². The fourth-order valence-electron chi connectivity index (χ4n) is 4.54. The van der Waals surface area contributed by atoms with Crippen molar-refractivity contribution in [3.63, 3.8) is 0 Å². The number of aldehydes is 1. The number of imidazole rings is 1. The minimum Gasteiger partial charge on any atom is -0.494 e. The lowest BCUT2D eigenvalue weighted by Gasteiger charge is -2.31. The average Bonchev–Trinajstić information content (AvgIpc) is 3.37. The van der Waals surface area contributed by atoms with E-state index in [1.54, 1.807) is 31.1 Å². The SMILES string of the molecule is COc1cc(C=O)cc2nc(-c3cc4cccc5c4n3CCN5CCCO)n(OC)c12. The summed E-state index contributed by atoms with van der Waals surface area (Å²) < 4.78 is 9.46. The zero-order chi connectivity index (χ0) is 21.5. The summed E-state index contributed by atoms with van der Waals surface area (Å²) in [6.45, 7) is 2.64. The van der Waals surface area contributed by atoms with Gasteiger partial charge in [0.15, 0.2) is 5.82 Å². The second kappa shape index (κ2) is 7.63. The van der Waals surface area contributed by atoms with E-state index in [0.717, 1.165) is 54.6 Å². The Morgan fingerprint density at radius 3 is 2.77 bits per heavy atom. The number of ether oxygens (including phenoxy) is 1. The number of anilines is 1. The van der Waals surface area contributed by atoms with Crippen LogP contribution >= 0.6 is 0 Å². The summed E-state index contributed by atoms with van der Waals surface area (Å²) in [5.74, 6) is 1.19. The molecule has 0 aliphatic carbocycles. The van der Waals surface area contributed by atoms with Crippen molar-refractivity contribution in [2.24, 2.45) is 0 Å². The van der Waals surface area contributed by atoms with Crippen LogP contribution in [0.3, 0.4) is 0 Å². The summed E-state index contributed by atoms with van der Waals surface area (Å²) in [5.41, 5.74) is 5.07. The van der Waals surface area contributed by atoms with Crippen LogP contribution in [0.25, 0.3) is 33.5 Å². The molecule has 0 atom stereocenters. The van der Waals surface area contributed by atoms with Crippen LogP contribution in [0.5, 0.6) is 5.75 Å². The number of aliphatic hydroxyl groups is 1. The maximum atomic E-state index is 11.4. The molecule has 0 spiro atoms. The molecule has 3 heterocycles. The molecule has 8 nitrogen and oxygen atoms in total. The quantitative estimate of drug-likeness (QED) is 0.463. The highest BCUT2D eigenvalue weighted by atomic mass is 16.6. The summed E-state index contributed by atoms with van der Waals surface area (Å²) in [5, 5.41) is 10.4. The van der Waals surface area contributed by atoms with Crippen molar-refractivity contribution >= 4 is 33.9 Å². The molecular weight excluding hydrogens is 396 g/mol. The van der Waals surface area contributed by atoms with Crippen LogP contribution < -0.4 is 14.5 Å². The van der Waals surface area contributed by atoms with Gasteiger partial charge < -0.3 is 24.1 Å². The fraction of sp³-hybridized carbons (Fsp3) is 0.304. The maximum absolute atomic E-state index is 11.4. The number of carbonyl (C=O) groups excluding carboxylic acids is 1. The van der Waals surface area contributed by atoms with Gasteiger partial charge in [-0.1, -0.05) is 12.1 Å². The number of fused-ring (bicyclic) bond motifs is 1. The molecule has 4 aromatic rings. The molecule has 0 amide bonds.